The number of methoxy groups -OCH3 is 2. The molecule has 2 rings (SSSR count). The Kier molecular flexibility index (Phi) is 5.82. The summed E-state index contributed by atoms with van der Waals surface area (Å²) >= 11 is 6.04. The van der Waals surface area contributed by atoms with E-state index in [1.54, 1.807) is 31.2 Å². The quantitative estimate of drug-likeness (QED) is 0.617. The van der Waals surface area contributed by atoms with Gasteiger partial charge < -0.3 is 14.8 Å². The molecular formula is C17H17ClN2O5. The number of non-ortho nitro benzene ring substituents is 1. The van der Waals surface area contributed by atoms with Crippen LogP contribution in [0, 0.1) is 10.1 Å². The Balaban J connectivity index is 2.22. The normalized spacial score (nSPS) is 11.5. The van der Waals surface area contributed by atoms with E-state index in [1.165, 1.54) is 26.4 Å². The number of ether oxygens (including phenoxy) is 2. The van der Waals surface area contributed by atoms with E-state index in [0.717, 1.165) is 0 Å². The van der Waals surface area contributed by atoms with Gasteiger partial charge >= 0.3 is 0 Å². The fourth-order valence-electron chi connectivity index (χ4n) is 2.24. The van der Waals surface area contributed by atoms with Crippen molar-refractivity contribution in [3.8, 4) is 11.5 Å². The van der Waals surface area contributed by atoms with E-state index in [-0.39, 0.29) is 11.6 Å². The molecule has 0 aliphatic carbocycles. The van der Waals surface area contributed by atoms with Crippen molar-refractivity contribution in [3.63, 3.8) is 0 Å². The summed E-state index contributed by atoms with van der Waals surface area (Å²) in [7, 11) is 2.94. The van der Waals surface area contributed by atoms with Crippen molar-refractivity contribution in [2.24, 2.45) is 0 Å². The minimum absolute atomic E-state index is 0.0273. The molecule has 2 aromatic rings. The fraction of sp³-hybridized carbons (Fsp3) is 0.235. The molecule has 0 fully saturated rings. The van der Waals surface area contributed by atoms with Gasteiger partial charge in [0.15, 0.2) is 0 Å². The molecule has 8 heteroatoms. The van der Waals surface area contributed by atoms with Gasteiger partial charge in [-0.3, -0.25) is 14.9 Å². The summed E-state index contributed by atoms with van der Waals surface area (Å²) in [6.07, 6.45) is 0. The van der Waals surface area contributed by atoms with E-state index in [0.29, 0.717) is 27.8 Å². The molecule has 1 N–H and O–H groups in total. The molecule has 0 radical (unpaired) electrons. The third-order valence-corrected chi connectivity index (χ3v) is 4.02. The standard InChI is InChI=1S/C17H17ClN2O5/c1-10(11-4-6-12(7-5-11)20(22)23)17(21)19-14-9-15(24-2)13(18)8-16(14)25-3/h4-10H,1-3H3,(H,19,21)/t10-/m0/s1. The molecule has 132 valence electrons. The number of carbonyl (C=O) groups is 1. The summed E-state index contributed by atoms with van der Waals surface area (Å²) in [4.78, 5) is 22.7. The average molecular weight is 365 g/mol. The Morgan fingerprint density at radius 3 is 2.28 bits per heavy atom. The van der Waals surface area contributed by atoms with E-state index in [4.69, 9.17) is 21.1 Å². The van der Waals surface area contributed by atoms with Gasteiger partial charge in [0.05, 0.1) is 35.8 Å². The first-order chi connectivity index (χ1) is 11.9. The van der Waals surface area contributed by atoms with Crippen LogP contribution in [0.5, 0.6) is 11.5 Å². The van der Waals surface area contributed by atoms with Crippen LogP contribution in [0.3, 0.4) is 0 Å². The Labute approximate surface area is 149 Å². The smallest absolute Gasteiger partial charge is 0.269 e. The highest BCUT2D eigenvalue weighted by molar-refractivity contribution is 6.32. The maximum absolute atomic E-state index is 12.5. The summed E-state index contributed by atoms with van der Waals surface area (Å²) in [6, 6.07) is 8.97. The van der Waals surface area contributed by atoms with E-state index >= 15 is 0 Å². The van der Waals surface area contributed by atoms with Gasteiger partial charge in [0, 0.05) is 24.3 Å². The lowest BCUT2D eigenvalue weighted by molar-refractivity contribution is -0.384. The van der Waals surface area contributed by atoms with Crippen LogP contribution < -0.4 is 14.8 Å². The first-order valence-corrected chi connectivity index (χ1v) is 7.72. The van der Waals surface area contributed by atoms with Gasteiger partial charge in [-0.25, -0.2) is 0 Å². The molecule has 1 atom stereocenters. The zero-order chi connectivity index (χ0) is 18.6. The summed E-state index contributed by atoms with van der Waals surface area (Å²) in [5.41, 5.74) is 1.05. The third kappa shape index (κ3) is 4.19. The monoisotopic (exact) mass is 364 g/mol. The highest BCUT2D eigenvalue weighted by Crippen LogP contribution is 2.36. The lowest BCUT2D eigenvalue weighted by Crippen LogP contribution is -2.19. The van der Waals surface area contributed by atoms with Gasteiger partial charge in [-0.15, -0.1) is 0 Å². The molecule has 7 nitrogen and oxygen atoms in total. The maximum atomic E-state index is 12.5. The van der Waals surface area contributed by atoms with E-state index < -0.39 is 10.8 Å². The van der Waals surface area contributed by atoms with Crippen molar-refractivity contribution in [2.75, 3.05) is 19.5 Å². The molecule has 0 aliphatic rings. The summed E-state index contributed by atoms with van der Waals surface area (Å²) < 4.78 is 10.4. The van der Waals surface area contributed by atoms with Gasteiger partial charge in [0.2, 0.25) is 5.91 Å². The number of amides is 1. The number of nitrogens with zero attached hydrogens (tertiary/aromatic N) is 1. The van der Waals surface area contributed by atoms with Crippen molar-refractivity contribution in [3.05, 3.63) is 57.1 Å². The van der Waals surface area contributed by atoms with Crippen LogP contribution in [-0.4, -0.2) is 25.1 Å². The van der Waals surface area contributed by atoms with Crippen molar-refractivity contribution in [2.45, 2.75) is 12.8 Å². The van der Waals surface area contributed by atoms with Crippen LogP contribution in [-0.2, 0) is 4.79 Å². The van der Waals surface area contributed by atoms with Crippen LogP contribution in [0.1, 0.15) is 18.4 Å². The highest BCUT2D eigenvalue weighted by atomic mass is 35.5. The van der Waals surface area contributed by atoms with Crippen LogP contribution in [0.4, 0.5) is 11.4 Å². The van der Waals surface area contributed by atoms with Crippen molar-refractivity contribution >= 4 is 28.9 Å². The van der Waals surface area contributed by atoms with Crippen molar-refractivity contribution in [1.29, 1.82) is 0 Å². The van der Waals surface area contributed by atoms with Gasteiger partial charge in [-0.1, -0.05) is 23.7 Å². The second kappa shape index (κ2) is 7.85. The average Bonchev–Trinajstić information content (AvgIpc) is 2.62. The van der Waals surface area contributed by atoms with E-state index in [9.17, 15) is 14.9 Å². The molecule has 1 amide bonds. The highest BCUT2D eigenvalue weighted by Gasteiger charge is 2.19. The van der Waals surface area contributed by atoms with Crippen LogP contribution in [0.15, 0.2) is 36.4 Å². The van der Waals surface area contributed by atoms with E-state index in [2.05, 4.69) is 5.32 Å². The molecule has 0 saturated carbocycles. The molecule has 0 aliphatic heterocycles. The minimum atomic E-state index is -0.521. The number of nitro benzene ring substituents is 1. The molecule has 0 heterocycles. The molecule has 0 saturated heterocycles. The summed E-state index contributed by atoms with van der Waals surface area (Å²) in [5.74, 6) is -0.0143. The van der Waals surface area contributed by atoms with Gasteiger partial charge in [0.25, 0.3) is 5.69 Å². The SMILES string of the molecule is COc1cc(NC(=O)[C@@H](C)c2ccc([N+](=O)[O-])cc2)c(OC)cc1Cl. The first kappa shape index (κ1) is 18.5. The fourth-order valence-corrected chi connectivity index (χ4v) is 2.47. The predicted octanol–water partition coefficient (Wildman–Crippen LogP) is 4.01. The number of hydrogen-bond donors (Lipinski definition) is 1. The molecule has 0 aromatic heterocycles. The topological polar surface area (TPSA) is 90.7 Å². The number of hydrogen-bond acceptors (Lipinski definition) is 5. The van der Waals surface area contributed by atoms with Crippen LogP contribution >= 0.6 is 11.6 Å². The van der Waals surface area contributed by atoms with Crippen molar-refractivity contribution < 1.29 is 19.2 Å². The molecule has 2 aromatic carbocycles. The lowest BCUT2D eigenvalue weighted by atomic mass is 10.00. The zero-order valence-electron chi connectivity index (χ0n) is 13.9. The second-order valence-corrected chi connectivity index (χ2v) is 5.65. The summed E-state index contributed by atoms with van der Waals surface area (Å²) in [6.45, 7) is 1.70. The number of carbonyl (C=O) groups excluding carboxylic acids is 1. The molecule has 25 heavy (non-hydrogen) atoms. The summed E-state index contributed by atoms with van der Waals surface area (Å²) in [5, 5.41) is 13.8. The number of anilines is 1. The third-order valence-electron chi connectivity index (χ3n) is 3.73. The lowest BCUT2D eigenvalue weighted by Gasteiger charge is -2.16. The van der Waals surface area contributed by atoms with Crippen LogP contribution in [0.25, 0.3) is 0 Å². The largest absolute Gasteiger partial charge is 0.495 e. The second-order valence-electron chi connectivity index (χ2n) is 5.25. The zero-order valence-corrected chi connectivity index (χ0v) is 14.7. The maximum Gasteiger partial charge on any atom is 0.269 e. The van der Waals surface area contributed by atoms with E-state index in [1.807, 2.05) is 0 Å². The Morgan fingerprint density at radius 2 is 1.76 bits per heavy atom. The van der Waals surface area contributed by atoms with Crippen LogP contribution in [0.2, 0.25) is 5.02 Å². The predicted molar refractivity (Wildman–Crippen MR) is 94.7 cm³/mol. The minimum Gasteiger partial charge on any atom is -0.495 e. The van der Waals surface area contributed by atoms with Crippen molar-refractivity contribution in [1.82, 2.24) is 0 Å². The molecule has 0 unspecified atom stereocenters. The number of rotatable bonds is 6. The number of nitro groups is 1. The number of benzene rings is 2. The van der Waals surface area contributed by atoms with Gasteiger partial charge in [0.1, 0.15) is 11.5 Å². The Bertz CT molecular complexity index is 792. The number of halogens is 1. The molecular weight excluding hydrogens is 348 g/mol. The van der Waals surface area contributed by atoms with Gasteiger partial charge in [-0.2, -0.15) is 0 Å². The Morgan fingerprint density at radius 1 is 1.16 bits per heavy atom. The molecule has 0 spiro atoms. The Hall–Kier alpha value is -2.80. The van der Waals surface area contributed by atoms with Gasteiger partial charge in [-0.05, 0) is 12.5 Å². The first-order valence-electron chi connectivity index (χ1n) is 7.34. The molecule has 0 bridgehead atoms. The number of nitrogens with one attached hydrogen (secondary N) is 1.